The lowest BCUT2D eigenvalue weighted by molar-refractivity contribution is 0.0810. The highest BCUT2D eigenvalue weighted by molar-refractivity contribution is 7.18. The van der Waals surface area contributed by atoms with E-state index < -0.39 is 24.3 Å². The summed E-state index contributed by atoms with van der Waals surface area (Å²) in [5.74, 6) is 0.0207. The summed E-state index contributed by atoms with van der Waals surface area (Å²) in [7, 11) is 2.96. The van der Waals surface area contributed by atoms with Crippen molar-refractivity contribution >= 4 is 33.1 Å². The average molecular weight is 537 g/mol. The zero-order valence-corrected chi connectivity index (χ0v) is 22.0. The summed E-state index contributed by atoms with van der Waals surface area (Å²) in [5, 5.41) is 24.5. The predicted octanol–water partition coefficient (Wildman–Crippen LogP) is 3.63. The molecule has 2 aromatic carbocycles. The van der Waals surface area contributed by atoms with Gasteiger partial charge in [-0.1, -0.05) is 18.2 Å². The van der Waals surface area contributed by atoms with Gasteiger partial charge >= 0.3 is 0 Å². The minimum atomic E-state index is -1.23. The number of nitrogens with one attached hydrogen (secondary N) is 1. The summed E-state index contributed by atoms with van der Waals surface area (Å²) in [4.78, 5) is 30.9. The van der Waals surface area contributed by atoms with Crippen LogP contribution in [0, 0.1) is 6.92 Å². The van der Waals surface area contributed by atoms with Crippen molar-refractivity contribution in [3.63, 3.8) is 0 Å². The number of amides is 1. The second-order valence-electron chi connectivity index (χ2n) is 8.36. The maximum atomic E-state index is 13.3. The van der Waals surface area contributed by atoms with E-state index in [-0.39, 0.29) is 30.2 Å². The van der Waals surface area contributed by atoms with Crippen molar-refractivity contribution in [3.05, 3.63) is 70.7 Å². The molecule has 2 heterocycles. The molecule has 0 aliphatic rings. The van der Waals surface area contributed by atoms with Gasteiger partial charge in [-0.2, -0.15) is 0 Å². The van der Waals surface area contributed by atoms with E-state index in [1.807, 2.05) is 30.5 Å². The number of carbonyl (C=O) groups is 2. The number of benzene rings is 2. The van der Waals surface area contributed by atoms with Crippen LogP contribution < -0.4 is 19.5 Å². The Morgan fingerprint density at radius 1 is 1.03 bits per heavy atom. The minimum absolute atomic E-state index is 0.0701. The minimum Gasteiger partial charge on any atom is -0.494 e. The van der Waals surface area contributed by atoms with E-state index in [9.17, 15) is 14.7 Å². The molecule has 0 saturated carbocycles. The third kappa shape index (κ3) is 5.47. The van der Waals surface area contributed by atoms with Gasteiger partial charge in [0.1, 0.15) is 29.8 Å². The zero-order chi connectivity index (χ0) is 27.2. The number of aryl methyl sites for hydroxylation is 1. The number of nitrogens with zero attached hydrogens (tertiary/aromatic N) is 1. The summed E-state index contributed by atoms with van der Waals surface area (Å²) in [6, 6.07) is 12.4. The van der Waals surface area contributed by atoms with E-state index in [1.54, 1.807) is 17.4 Å². The molecular weight excluding hydrogens is 508 g/mol. The first-order chi connectivity index (χ1) is 18.4. The van der Waals surface area contributed by atoms with Gasteiger partial charge in [-0.25, -0.2) is 4.98 Å². The number of hydrogen-bond acceptors (Lipinski definition) is 9. The van der Waals surface area contributed by atoms with E-state index in [0.717, 1.165) is 21.2 Å². The zero-order valence-electron chi connectivity index (χ0n) is 21.2. The topological polar surface area (TPSA) is 127 Å². The van der Waals surface area contributed by atoms with E-state index in [2.05, 4.69) is 10.3 Å². The number of aliphatic hydroxyl groups excluding tert-OH is 2. The van der Waals surface area contributed by atoms with Gasteiger partial charge in [-0.15, -0.1) is 11.3 Å². The van der Waals surface area contributed by atoms with Crippen molar-refractivity contribution in [3.8, 4) is 28.5 Å². The Bertz CT molecular complexity index is 1470. The number of aromatic nitrogens is 1. The smallest absolute Gasteiger partial charge is 0.252 e. The molecule has 1 atom stereocenters. The Labute approximate surface area is 223 Å². The van der Waals surface area contributed by atoms with Crippen LogP contribution in [0.4, 0.5) is 0 Å². The monoisotopic (exact) mass is 536 g/mol. The molecule has 38 heavy (non-hydrogen) atoms. The second kappa shape index (κ2) is 12.0. The second-order valence-corrected chi connectivity index (χ2v) is 9.24. The van der Waals surface area contributed by atoms with Crippen LogP contribution in [-0.2, 0) is 0 Å². The van der Waals surface area contributed by atoms with Crippen LogP contribution in [0.3, 0.4) is 0 Å². The van der Waals surface area contributed by atoms with Gasteiger partial charge in [0.15, 0.2) is 11.5 Å². The number of hydrogen-bond donors (Lipinski definition) is 3. The molecule has 0 fully saturated rings. The number of Topliss-reactive ketones (excluding diaryl/α,β-unsaturated/α-hetero) is 1. The first kappa shape index (κ1) is 27.1. The van der Waals surface area contributed by atoms with Crippen LogP contribution in [0.25, 0.3) is 21.3 Å². The number of fused-ring (bicyclic) bond motifs is 1. The standard InChI is InChI=1S/C28H28N2O7S/c1-16-5-4-6-18-19(15-38-27(16)18)25-23(35-2)10-8-20(29-25)26(33)21(14-32)30-28(34)17-7-9-22(37-12-11-31)24(13-17)36-3/h4-10,13,15,21,31-32H,11-12,14H2,1-3H3,(H,30,34)/t21-/m0/s1. The van der Waals surface area contributed by atoms with Crippen LogP contribution >= 0.6 is 11.3 Å². The molecule has 2 aromatic heterocycles. The number of aliphatic hydroxyl groups is 2. The molecule has 198 valence electrons. The first-order valence-electron chi connectivity index (χ1n) is 11.8. The van der Waals surface area contributed by atoms with Gasteiger partial charge in [0.05, 0.1) is 27.4 Å². The SMILES string of the molecule is COc1cc(C(=O)N[C@@H](CO)C(=O)c2ccc(OC)c(-c3csc4c(C)cccc34)n2)ccc1OCCO. The lowest BCUT2D eigenvalue weighted by atomic mass is 10.0. The van der Waals surface area contributed by atoms with Crippen LogP contribution in [-0.4, -0.2) is 67.0 Å². The van der Waals surface area contributed by atoms with Crippen molar-refractivity contribution in [2.45, 2.75) is 13.0 Å². The summed E-state index contributed by atoms with van der Waals surface area (Å²) >= 11 is 1.58. The van der Waals surface area contributed by atoms with Gasteiger partial charge in [-0.05, 0) is 42.8 Å². The lowest BCUT2D eigenvalue weighted by Crippen LogP contribution is -2.43. The summed E-state index contributed by atoms with van der Waals surface area (Å²) in [6.45, 7) is 1.31. The summed E-state index contributed by atoms with van der Waals surface area (Å²) in [6.07, 6.45) is 0. The van der Waals surface area contributed by atoms with Crippen LogP contribution in [0.15, 0.2) is 53.9 Å². The fraction of sp³-hybridized carbons (Fsp3) is 0.250. The summed E-state index contributed by atoms with van der Waals surface area (Å²) in [5.41, 5.74) is 2.75. The predicted molar refractivity (Wildman–Crippen MR) is 145 cm³/mol. The average Bonchev–Trinajstić information content (AvgIpc) is 3.39. The maximum absolute atomic E-state index is 13.3. The molecule has 9 nitrogen and oxygen atoms in total. The Hall–Kier alpha value is -3.99. The Balaban J connectivity index is 1.60. The highest BCUT2D eigenvalue weighted by Crippen LogP contribution is 2.38. The number of thiophene rings is 1. The molecular formula is C28H28N2O7S. The molecule has 1 amide bonds. The highest BCUT2D eigenvalue weighted by atomic mass is 32.1. The van der Waals surface area contributed by atoms with Gasteiger partial charge in [0, 0.05) is 26.6 Å². The van der Waals surface area contributed by atoms with Gasteiger partial charge < -0.3 is 29.7 Å². The number of rotatable bonds is 11. The molecule has 0 aliphatic heterocycles. The molecule has 0 aliphatic carbocycles. The van der Waals surface area contributed by atoms with Crippen LogP contribution in [0.1, 0.15) is 26.4 Å². The normalized spacial score (nSPS) is 11.7. The molecule has 4 aromatic rings. The van der Waals surface area contributed by atoms with E-state index >= 15 is 0 Å². The fourth-order valence-corrected chi connectivity index (χ4v) is 5.06. The number of ketones is 1. The largest absolute Gasteiger partial charge is 0.494 e. The first-order valence-corrected chi connectivity index (χ1v) is 12.7. The number of methoxy groups -OCH3 is 2. The number of carbonyl (C=O) groups excluding carboxylic acids is 2. The third-order valence-electron chi connectivity index (χ3n) is 5.96. The van der Waals surface area contributed by atoms with E-state index in [0.29, 0.717) is 17.2 Å². The van der Waals surface area contributed by atoms with E-state index in [4.69, 9.17) is 19.3 Å². The molecule has 0 radical (unpaired) electrons. The molecule has 10 heteroatoms. The molecule has 0 spiro atoms. The molecule has 3 N–H and O–H groups in total. The summed E-state index contributed by atoms with van der Waals surface area (Å²) < 4.78 is 17.3. The van der Waals surface area contributed by atoms with Crippen LogP contribution in [0.2, 0.25) is 0 Å². The highest BCUT2D eigenvalue weighted by Gasteiger charge is 2.25. The molecule has 4 rings (SSSR count). The number of pyridine rings is 1. The van der Waals surface area contributed by atoms with Crippen molar-refractivity contribution in [1.29, 1.82) is 0 Å². The lowest BCUT2D eigenvalue weighted by Gasteiger charge is -2.17. The Kier molecular flexibility index (Phi) is 8.57. The van der Waals surface area contributed by atoms with Gasteiger partial charge in [0.2, 0.25) is 5.78 Å². The van der Waals surface area contributed by atoms with Crippen molar-refractivity contribution < 1.29 is 34.0 Å². The quantitative estimate of drug-likeness (QED) is 0.248. The number of ether oxygens (including phenoxy) is 3. The molecule has 0 unspecified atom stereocenters. The maximum Gasteiger partial charge on any atom is 0.252 e. The Morgan fingerprint density at radius 3 is 2.50 bits per heavy atom. The van der Waals surface area contributed by atoms with Crippen molar-refractivity contribution in [2.75, 3.05) is 34.0 Å². The van der Waals surface area contributed by atoms with E-state index in [1.165, 1.54) is 38.5 Å². The third-order valence-corrected chi connectivity index (χ3v) is 7.09. The van der Waals surface area contributed by atoms with Gasteiger partial charge in [-0.3, -0.25) is 9.59 Å². The van der Waals surface area contributed by atoms with Crippen molar-refractivity contribution in [1.82, 2.24) is 10.3 Å². The fourth-order valence-electron chi connectivity index (χ4n) is 4.02. The Morgan fingerprint density at radius 2 is 1.79 bits per heavy atom. The molecule has 0 bridgehead atoms. The van der Waals surface area contributed by atoms with Crippen molar-refractivity contribution in [2.24, 2.45) is 0 Å². The van der Waals surface area contributed by atoms with Gasteiger partial charge in [0.25, 0.3) is 5.91 Å². The molecule has 0 saturated heterocycles. The van der Waals surface area contributed by atoms with Crippen LogP contribution in [0.5, 0.6) is 17.2 Å².